The molecule has 1 heterocycles. The maximum absolute atomic E-state index is 11.9. The zero-order valence-corrected chi connectivity index (χ0v) is 15.3. The smallest absolute Gasteiger partial charge is 0.407 e. The van der Waals surface area contributed by atoms with Gasteiger partial charge in [0.2, 0.25) is 0 Å². The number of carbonyl (C=O) groups is 1. The number of halogens is 1. The van der Waals surface area contributed by atoms with Crippen molar-refractivity contribution in [3.05, 3.63) is 51.6 Å². The molecule has 0 fully saturated rings. The maximum atomic E-state index is 11.9. The second-order valence-corrected chi connectivity index (χ2v) is 5.92. The van der Waals surface area contributed by atoms with Gasteiger partial charge >= 0.3 is 6.09 Å². The standard InChI is InChI=1S/C16H20IN3O3/c1-3-22-11-20-9-14(19-15(20)17)12(2)18-16(21)23-10-13-7-5-4-6-8-13/h4-9,12H,3,10-11H2,1-2H3,(H,18,21)/t12-/m0/s1. The first-order chi connectivity index (χ1) is 11.1. The lowest BCUT2D eigenvalue weighted by atomic mass is 10.2. The van der Waals surface area contributed by atoms with Crippen LogP contribution in [0.15, 0.2) is 36.5 Å². The lowest BCUT2D eigenvalue weighted by molar-refractivity contribution is 0.0859. The molecule has 1 aromatic heterocycles. The molecular weight excluding hydrogens is 409 g/mol. The monoisotopic (exact) mass is 429 g/mol. The number of hydrogen-bond donors (Lipinski definition) is 1. The van der Waals surface area contributed by atoms with E-state index in [0.29, 0.717) is 13.3 Å². The quantitative estimate of drug-likeness (QED) is 0.685. The number of hydrogen-bond acceptors (Lipinski definition) is 4. The summed E-state index contributed by atoms with van der Waals surface area (Å²) < 4.78 is 13.3. The van der Waals surface area contributed by atoms with Crippen LogP contribution in [0.1, 0.15) is 31.1 Å². The Balaban J connectivity index is 1.85. The Hall–Kier alpha value is -1.61. The number of nitrogens with one attached hydrogen (secondary N) is 1. The number of aromatic nitrogens is 2. The Bertz CT molecular complexity index is 631. The van der Waals surface area contributed by atoms with Crippen molar-refractivity contribution in [2.45, 2.75) is 33.2 Å². The highest BCUT2D eigenvalue weighted by Gasteiger charge is 2.15. The number of imidazole rings is 1. The van der Waals surface area contributed by atoms with Crippen LogP contribution >= 0.6 is 22.6 Å². The van der Waals surface area contributed by atoms with E-state index in [-0.39, 0.29) is 12.6 Å². The van der Waals surface area contributed by atoms with Crippen LogP contribution in [-0.2, 0) is 22.8 Å². The van der Waals surface area contributed by atoms with Crippen LogP contribution in [0.3, 0.4) is 0 Å². The van der Waals surface area contributed by atoms with Crippen LogP contribution in [-0.4, -0.2) is 22.3 Å². The fourth-order valence-electron chi connectivity index (χ4n) is 1.92. The van der Waals surface area contributed by atoms with Crippen molar-refractivity contribution in [1.29, 1.82) is 0 Å². The summed E-state index contributed by atoms with van der Waals surface area (Å²) in [5.74, 6) is 0. The van der Waals surface area contributed by atoms with Gasteiger partial charge in [-0.2, -0.15) is 0 Å². The van der Waals surface area contributed by atoms with Crippen molar-refractivity contribution >= 4 is 28.7 Å². The summed E-state index contributed by atoms with van der Waals surface area (Å²) in [4.78, 5) is 16.3. The summed E-state index contributed by atoms with van der Waals surface area (Å²) >= 11 is 2.14. The Kier molecular flexibility index (Phi) is 6.85. The minimum Gasteiger partial charge on any atom is -0.445 e. The molecule has 124 valence electrons. The molecule has 1 aromatic carbocycles. The molecule has 0 saturated heterocycles. The third-order valence-electron chi connectivity index (χ3n) is 3.17. The van der Waals surface area contributed by atoms with E-state index in [9.17, 15) is 4.79 Å². The number of carbonyl (C=O) groups excluding carboxylic acids is 1. The van der Waals surface area contributed by atoms with E-state index in [2.05, 4.69) is 32.9 Å². The second kappa shape index (κ2) is 8.88. The van der Waals surface area contributed by atoms with Gasteiger partial charge in [-0.25, -0.2) is 9.78 Å². The minimum atomic E-state index is -0.462. The first-order valence-electron chi connectivity index (χ1n) is 7.37. The number of benzene rings is 1. The topological polar surface area (TPSA) is 65.4 Å². The Morgan fingerprint density at radius 3 is 2.83 bits per heavy atom. The molecule has 0 radical (unpaired) electrons. The highest BCUT2D eigenvalue weighted by atomic mass is 127. The molecule has 1 amide bonds. The summed E-state index contributed by atoms with van der Waals surface area (Å²) in [6.07, 6.45) is 1.41. The van der Waals surface area contributed by atoms with Crippen molar-refractivity contribution in [1.82, 2.24) is 14.9 Å². The van der Waals surface area contributed by atoms with E-state index >= 15 is 0 Å². The first-order valence-corrected chi connectivity index (χ1v) is 8.45. The molecule has 2 aromatic rings. The van der Waals surface area contributed by atoms with E-state index in [0.717, 1.165) is 15.1 Å². The fourth-order valence-corrected chi connectivity index (χ4v) is 2.47. The van der Waals surface area contributed by atoms with Crippen molar-refractivity contribution in [3.8, 4) is 0 Å². The van der Waals surface area contributed by atoms with Crippen LogP contribution in [0, 0.1) is 3.83 Å². The maximum Gasteiger partial charge on any atom is 0.407 e. The van der Waals surface area contributed by atoms with Gasteiger partial charge in [-0.15, -0.1) is 0 Å². The van der Waals surface area contributed by atoms with Gasteiger partial charge in [-0.3, -0.25) is 0 Å². The van der Waals surface area contributed by atoms with Crippen molar-refractivity contribution in [2.24, 2.45) is 0 Å². The van der Waals surface area contributed by atoms with Gasteiger partial charge in [-0.05, 0) is 19.4 Å². The third-order valence-corrected chi connectivity index (χ3v) is 4.03. The van der Waals surface area contributed by atoms with Gasteiger partial charge in [0.1, 0.15) is 13.3 Å². The highest BCUT2D eigenvalue weighted by Crippen LogP contribution is 2.14. The molecule has 6 nitrogen and oxygen atoms in total. The Labute approximate surface area is 149 Å². The van der Waals surface area contributed by atoms with E-state index in [1.165, 1.54) is 0 Å². The molecule has 0 spiro atoms. The summed E-state index contributed by atoms with van der Waals surface area (Å²) in [5, 5.41) is 2.78. The average molecular weight is 429 g/mol. The largest absolute Gasteiger partial charge is 0.445 e. The van der Waals surface area contributed by atoms with Gasteiger partial charge in [0.05, 0.1) is 11.7 Å². The molecule has 1 atom stereocenters. The average Bonchev–Trinajstić information content (AvgIpc) is 2.93. The van der Waals surface area contributed by atoms with Crippen LogP contribution in [0.5, 0.6) is 0 Å². The van der Waals surface area contributed by atoms with E-state index in [1.807, 2.05) is 54.9 Å². The SMILES string of the molecule is CCOCn1cc([C@H](C)NC(=O)OCc2ccccc2)nc1I. The molecule has 0 saturated carbocycles. The molecule has 1 N–H and O–H groups in total. The number of nitrogens with zero attached hydrogens (tertiary/aromatic N) is 2. The summed E-state index contributed by atoms with van der Waals surface area (Å²) in [6.45, 7) is 5.15. The van der Waals surface area contributed by atoms with Gasteiger partial charge < -0.3 is 19.4 Å². The van der Waals surface area contributed by atoms with E-state index < -0.39 is 6.09 Å². The normalized spacial score (nSPS) is 12.0. The van der Waals surface area contributed by atoms with Crippen LogP contribution in [0.2, 0.25) is 0 Å². The molecule has 0 aliphatic carbocycles. The summed E-state index contributed by atoms with van der Waals surface area (Å²) in [6, 6.07) is 9.32. The molecule has 0 unspecified atom stereocenters. The fraction of sp³-hybridized carbons (Fsp3) is 0.375. The van der Waals surface area contributed by atoms with Crippen LogP contribution in [0.4, 0.5) is 4.79 Å². The molecular formula is C16H20IN3O3. The zero-order valence-electron chi connectivity index (χ0n) is 13.2. The van der Waals surface area contributed by atoms with Crippen molar-refractivity contribution in [3.63, 3.8) is 0 Å². The molecule has 2 rings (SSSR count). The lowest BCUT2D eigenvalue weighted by Gasteiger charge is -2.12. The summed E-state index contributed by atoms with van der Waals surface area (Å²) in [7, 11) is 0. The molecule has 23 heavy (non-hydrogen) atoms. The molecule has 0 aliphatic rings. The molecule has 7 heteroatoms. The van der Waals surface area contributed by atoms with Gasteiger partial charge in [0.15, 0.2) is 3.83 Å². The minimum absolute atomic E-state index is 0.241. The number of amides is 1. The molecule has 0 bridgehead atoms. The van der Waals surface area contributed by atoms with Gasteiger partial charge in [0.25, 0.3) is 0 Å². The number of alkyl carbamates (subject to hydrolysis) is 1. The highest BCUT2D eigenvalue weighted by molar-refractivity contribution is 14.1. The van der Waals surface area contributed by atoms with E-state index in [4.69, 9.17) is 9.47 Å². The van der Waals surface area contributed by atoms with Crippen LogP contribution < -0.4 is 5.32 Å². The molecule has 0 aliphatic heterocycles. The number of ether oxygens (including phenoxy) is 2. The number of rotatable bonds is 7. The first kappa shape index (κ1) is 17.7. The summed E-state index contributed by atoms with van der Waals surface area (Å²) in [5.41, 5.74) is 1.72. The Morgan fingerprint density at radius 1 is 1.39 bits per heavy atom. The zero-order chi connectivity index (χ0) is 16.7. The third kappa shape index (κ3) is 5.51. The second-order valence-electron chi connectivity index (χ2n) is 4.95. The Morgan fingerprint density at radius 2 is 2.13 bits per heavy atom. The van der Waals surface area contributed by atoms with Crippen molar-refractivity contribution < 1.29 is 14.3 Å². The van der Waals surface area contributed by atoms with Gasteiger partial charge in [0, 0.05) is 35.4 Å². The van der Waals surface area contributed by atoms with Crippen molar-refractivity contribution in [2.75, 3.05) is 6.61 Å². The lowest BCUT2D eigenvalue weighted by Crippen LogP contribution is -2.27. The van der Waals surface area contributed by atoms with Crippen LogP contribution in [0.25, 0.3) is 0 Å². The predicted molar refractivity (Wildman–Crippen MR) is 94.7 cm³/mol. The predicted octanol–water partition coefficient (Wildman–Crippen LogP) is 3.47. The van der Waals surface area contributed by atoms with Gasteiger partial charge in [-0.1, -0.05) is 30.3 Å². The van der Waals surface area contributed by atoms with E-state index in [1.54, 1.807) is 0 Å².